The van der Waals surface area contributed by atoms with Crippen molar-refractivity contribution in [3.63, 3.8) is 0 Å². The molecule has 0 saturated heterocycles. The SMILES string of the molecule is CC1c2sc(-c3noc(C(F)(F)F)n3)cc2CCN1C(=O)c1ccncc1. The molecule has 1 unspecified atom stereocenters. The minimum absolute atomic E-state index is 0.0964. The highest BCUT2D eigenvalue weighted by atomic mass is 32.1. The zero-order valence-corrected chi connectivity index (χ0v) is 14.8. The predicted octanol–water partition coefficient (Wildman–Crippen LogP) is 3.97. The lowest BCUT2D eigenvalue weighted by Gasteiger charge is -2.33. The van der Waals surface area contributed by atoms with E-state index in [0.29, 0.717) is 23.4 Å². The number of alkyl halides is 3. The van der Waals surface area contributed by atoms with Crippen molar-refractivity contribution in [2.24, 2.45) is 0 Å². The third-order valence-corrected chi connectivity index (χ3v) is 5.73. The van der Waals surface area contributed by atoms with Gasteiger partial charge in [-0.3, -0.25) is 9.78 Å². The Hall–Kier alpha value is -2.75. The molecule has 1 aliphatic rings. The van der Waals surface area contributed by atoms with Gasteiger partial charge in [0, 0.05) is 29.4 Å². The molecule has 1 aliphatic heterocycles. The van der Waals surface area contributed by atoms with E-state index in [-0.39, 0.29) is 17.8 Å². The molecular weight excluding hydrogens is 381 g/mol. The van der Waals surface area contributed by atoms with E-state index in [1.54, 1.807) is 35.5 Å². The molecule has 0 aliphatic carbocycles. The standard InChI is InChI=1S/C17H13F3N4O2S/c1-9-13-11(4-7-24(9)15(25)10-2-5-21-6-3-10)8-12(27-13)14-22-16(26-23-14)17(18,19)20/h2-3,5-6,8-9H,4,7H2,1H3. The quantitative estimate of drug-likeness (QED) is 0.658. The molecule has 0 fully saturated rings. The van der Waals surface area contributed by atoms with Crippen molar-refractivity contribution in [3.8, 4) is 10.7 Å². The van der Waals surface area contributed by atoms with E-state index in [4.69, 9.17) is 0 Å². The van der Waals surface area contributed by atoms with Crippen LogP contribution in [0, 0.1) is 0 Å². The van der Waals surface area contributed by atoms with E-state index in [1.165, 1.54) is 11.3 Å². The molecule has 0 spiro atoms. The van der Waals surface area contributed by atoms with Crippen molar-refractivity contribution < 1.29 is 22.5 Å². The molecule has 27 heavy (non-hydrogen) atoms. The molecule has 0 radical (unpaired) electrons. The van der Waals surface area contributed by atoms with E-state index >= 15 is 0 Å². The Labute approximate surface area is 155 Å². The topological polar surface area (TPSA) is 72.1 Å². The van der Waals surface area contributed by atoms with Crippen LogP contribution in [0.5, 0.6) is 0 Å². The van der Waals surface area contributed by atoms with Gasteiger partial charge >= 0.3 is 12.1 Å². The normalized spacial score (nSPS) is 17.0. The first kappa shape index (κ1) is 17.7. The molecule has 3 aromatic rings. The summed E-state index contributed by atoms with van der Waals surface area (Å²) in [4.78, 5) is 23.3. The predicted molar refractivity (Wildman–Crippen MR) is 90.0 cm³/mol. The summed E-state index contributed by atoms with van der Waals surface area (Å²) in [6.07, 6.45) is -0.948. The van der Waals surface area contributed by atoms with Crippen molar-refractivity contribution in [3.05, 3.63) is 52.5 Å². The van der Waals surface area contributed by atoms with Gasteiger partial charge in [-0.15, -0.1) is 11.3 Å². The maximum absolute atomic E-state index is 12.7. The summed E-state index contributed by atoms with van der Waals surface area (Å²) in [5.74, 6) is -1.57. The number of hydrogen-bond acceptors (Lipinski definition) is 6. The first-order chi connectivity index (χ1) is 12.8. The summed E-state index contributed by atoms with van der Waals surface area (Å²) in [7, 11) is 0. The molecule has 4 rings (SSSR count). The third kappa shape index (κ3) is 3.20. The molecule has 1 amide bonds. The fourth-order valence-electron chi connectivity index (χ4n) is 3.05. The molecule has 3 aromatic heterocycles. The highest BCUT2D eigenvalue weighted by Gasteiger charge is 2.39. The Balaban J connectivity index is 1.62. The third-order valence-electron chi connectivity index (χ3n) is 4.39. The Morgan fingerprint density at radius 1 is 1.33 bits per heavy atom. The van der Waals surface area contributed by atoms with Gasteiger partial charge in [-0.2, -0.15) is 18.2 Å². The van der Waals surface area contributed by atoms with E-state index in [1.807, 2.05) is 6.92 Å². The van der Waals surface area contributed by atoms with Gasteiger partial charge in [-0.1, -0.05) is 5.16 Å². The van der Waals surface area contributed by atoms with Crippen LogP contribution in [0.3, 0.4) is 0 Å². The van der Waals surface area contributed by atoms with Crippen molar-refractivity contribution in [1.29, 1.82) is 0 Å². The first-order valence-corrected chi connectivity index (χ1v) is 8.91. The van der Waals surface area contributed by atoms with Gasteiger partial charge in [0.05, 0.1) is 10.9 Å². The van der Waals surface area contributed by atoms with Crippen LogP contribution in [0.4, 0.5) is 13.2 Å². The molecule has 4 heterocycles. The number of amides is 1. The first-order valence-electron chi connectivity index (χ1n) is 8.09. The van der Waals surface area contributed by atoms with Crippen molar-refractivity contribution in [2.45, 2.75) is 25.6 Å². The minimum Gasteiger partial charge on any atom is -0.331 e. The number of hydrogen-bond donors (Lipinski definition) is 0. The average molecular weight is 394 g/mol. The molecule has 0 aromatic carbocycles. The number of pyridine rings is 1. The maximum atomic E-state index is 12.7. The van der Waals surface area contributed by atoms with Crippen molar-refractivity contribution in [1.82, 2.24) is 20.0 Å². The number of carbonyl (C=O) groups is 1. The summed E-state index contributed by atoms with van der Waals surface area (Å²) in [5, 5.41) is 3.44. The van der Waals surface area contributed by atoms with Crippen LogP contribution in [0.1, 0.15) is 39.7 Å². The lowest BCUT2D eigenvalue weighted by molar-refractivity contribution is -0.159. The molecule has 0 saturated carbocycles. The Morgan fingerprint density at radius 2 is 2.07 bits per heavy atom. The maximum Gasteiger partial charge on any atom is 0.471 e. The van der Waals surface area contributed by atoms with Gasteiger partial charge in [0.1, 0.15) is 0 Å². The number of carbonyl (C=O) groups excluding carboxylic acids is 1. The van der Waals surface area contributed by atoms with E-state index < -0.39 is 12.1 Å². The monoisotopic (exact) mass is 394 g/mol. The van der Waals surface area contributed by atoms with Gasteiger partial charge in [-0.05, 0) is 37.1 Å². The van der Waals surface area contributed by atoms with E-state index in [9.17, 15) is 18.0 Å². The lowest BCUT2D eigenvalue weighted by Crippen LogP contribution is -2.38. The number of nitrogens with zero attached hydrogens (tertiary/aromatic N) is 4. The highest BCUT2D eigenvalue weighted by molar-refractivity contribution is 7.15. The molecule has 1 atom stereocenters. The molecular formula is C17H13F3N4O2S. The van der Waals surface area contributed by atoms with Crippen LogP contribution in [0.15, 0.2) is 35.1 Å². The largest absolute Gasteiger partial charge is 0.471 e. The number of thiophene rings is 1. The van der Waals surface area contributed by atoms with Crippen molar-refractivity contribution >= 4 is 17.2 Å². The Kier molecular flexibility index (Phi) is 4.22. The number of fused-ring (bicyclic) bond motifs is 1. The van der Waals surface area contributed by atoms with Crippen LogP contribution in [-0.2, 0) is 12.6 Å². The van der Waals surface area contributed by atoms with Gasteiger partial charge in [-0.25, -0.2) is 0 Å². The zero-order valence-electron chi connectivity index (χ0n) is 14.0. The van der Waals surface area contributed by atoms with Gasteiger partial charge < -0.3 is 9.42 Å². The molecule has 0 bridgehead atoms. The second-order valence-electron chi connectivity index (χ2n) is 6.08. The number of rotatable bonds is 2. The van der Waals surface area contributed by atoms with Crippen LogP contribution >= 0.6 is 11.3 Å². The summed E-state index contributed by atoms with van der Waals surface area (Å²) in [6.45, 7) is 2.42. The van der Waals surface area contributed by atoms with Crippen LogP contribution in [-0.4, -0.2) is 32.5 Å². The minimum atomic E-state index is -4.68. The molecule has 6 nitrogen and oxygen atoms in total. The number of aromatic nitrogens is 3. The van der Waals surface area contributed by atoms with E-state index in [0.717, 1.165) is 10.4 Å². The summed E-state index contributed by atoms with van der Waals surface area (Å²) >= 11 is 1.28. The van der Waals surface area contributed by atoms with Crippen LogP contribution < -0.4 is 0 Å². The molecule has 140 valence electrons. The summed E-state index contributed by atoms with van der Waals surface area (Å²) in [6, 6.07) is 4.88. The smallest absolute Gasteiger partial charge is 0.331 e. The molecule has 0 N–H and O–H groups in total. The lowest BCUT2D eigenvalue weighted by atomic mass is 10.0. The second-order valence-corrected chi connectivity index (χ2v) is 7.17. The Morgan fingerprint density at radius 3 is 2.74 bits per heavy atom. The fraction of sp³-hybridized carbons (Fsp3) is 0.294. The van der Waals surface area contributed by atoms with Gasteiger partial charge in [0.25, 0.3) is 5.91 Å². The van der Waals surface area contributed by atoms with E-state index in [2.05, 4.69) is 19.6 Å². The number of halogens is 3. The van der Waals surface area contributed by atoms with Gasteiger partial charge in [0.2, 0.25) is 5.82 Å². The van der Waals surface area contributed by atoms with Crippen LogP contribution in [0.2, 0.25) is 0 Å². The molecule has 10 heteroatoms. The van der Waals surface area contributed by atoms with Gasteiger partial charge in [0.15, 0.2) is 0 Å². The summed E-state index contributed by atoms with van der Waals surface area (Å²) in [5.41, 5.74) is 1.53. The second kappa shape index (κ2) is 6.45. The average Bonchev–Trinajstić information content (AvgIpc) is 3.29. The summed E-state index contributed by atoms with van der Waals surface area (Å²) < 4.78 is 42.3. The highest BCUT2D eigenvalue weighted by Crippen LogP contribution is 2.40. The van der Waals surface area contributed by atoms with Crippen LogP contribution in [0.25, 0.3) is 10.7 Å². The van der Waals surface area contributed by atoms with Crippen molar-refractivity contribution in [2.75, 3.05) is 6.54 Å². The fourth-order valence-corrected chi connectivity index (χ4v) is 4.26. The Bertz CT molecular complexity index is 984. The zero-order chi connectivity index (χ0) is 19.2.